The second kappa shape index (κ2) is 6.71. The van der Waals surface area contributed by atoms with E-state index in [9.17, 15) is 4.79 Å². The summed E-state index contributed by atoms with van der Waals surface area (Å²) in [5, 5.41) is 8.95. The highest BCUT2D eigenvalue weighted by molar-refractivity contribution is 9.10. The fourth-order valence-electron chi connectivity index (χ4n) is 1.21. The normalized spacial score (nSPS) is 10.1. The first-order chi connectivity index (χ1) is 8.10. The third kappa shape index (κ3) is 3.78. The fraction of sp³-hybridized carbons (Fsp3) is 0.364. The van der Waals surface area contributed by atoms with E-state index >= 15 is 0 Å². The monoisotopic (exact) mass is 322 g/mol. The highest BCUT2D eigenvalue weighted by atomic mass is 79.9. The van der Waals surface area contributed by atoms with E-state index in [1.165, 1.54) is 13.2 Å². The van der Waals surface area contributed by atoms with Crippen LogP contribution in [0.15, 0.2) is 16.6 Å². The van der Waals surface area contributed by atoms with Crippen LogP contribution in [0.2, 0.25) is 0 Å². The predicted molar refractivity (Wildman–Crippen MR) is 68.5 cm³/mol. The van der Waals surface area contributed by atoms with Gasteiger partial charge in [-0.05, 0) is 34.5 Å². The summed E-state index contributed by atoms with van der Waals surface area (Å²) >= 11 is 8.72. The molecule has 4 nitrogen and oxygen atoms in total. The van der Waals surface area contributed by atoms with E-state index in [0.29, 0.717) is 34.9 Å². The van der Waals surface area contributed by atoms with Gasteiger partial charge < -0.3 is 14.6 Å². The summed E-state index contributed by atoms with van der Waals surface area (Å²) in [7, 11) is 1.46. The van der Waals surface area contributed by atoms with Crippen LogP contribution in [-0.4, -0.2) is 30.7 Å². The number of alkyl halides is 1. The van der Waals surface area contributed by atoms with Gasteiger partial charge in [0.15, 0.2) is 11.5 Å². The third-order valence-corrected chi connectivity index (χ3v) is 2.94. The molecular weight excluding hydrogens is 311 g/mol. The molecule has 0 heterocycles. The highest BCUT2D eigenvalue weighted by Gasteiger charge is 2.14. The summed E-state index contributed by atoms with van der Waals surface area (Å²) in [6.07, 6.45) is 0.711. The minimum absolute atomic E-state index is 0.131. The molecule has 0 amide bonds. The molecule has 0 unspecified atom stereocenters. The van der Waals surface area contributed by atoms with Gasteiger partial charge in [-0.3, -0.25) is 0 Å². The summed E-state index contributed by atoms with van der Waals surface area (Å²) in [6, 6.07) is 3.00. The van der Waals surface area contributed by atoms with Gasteiger partial charge in [-0.15, -0.1) is 11.6 Å². The van der Waals surface area contributed by atoms with Crippen LogP contribution in [-0.2, 0) is 0 Å². The van der Waals surface area contributed by atoms with Crippen molar-refractivity contribution in [3.8, 4) is 11.5 Å². The van der Waals surface area contributed by atoms with E-state index in [-0.39, 0.29) is 5.56 Å². The Morgan fingerprint density at radius 3 is 2.71 bits per heavy atom. The molecule has 0 fully saturated rings. The number of carboxylic acids is 1. The van der Waals surface area contributed by atoms with Crippen LogP contribution in [0.5, 0.6) is 11.5 Å². The molecule has 0 aliphatic carbocycles. The van der Waals surface area contributed by atoms with Crippen molar-refractivity contribution in [2.45, 2.75) is 6.42 Å². The fourth-order valence-corrected chi connectivity index (χ4v) is 1.81. The molecule has 0 aliphatic rings. The van der Waals surface area contributed by atoms with Crippen LogP contribution in [0.25, 0.3) is 0 Å². The van der Waals surface area contributed by atoms with Crippen molar-refractivity contribution < 1.29 is 19.4 Å². The van der Waals surface area contributed by atoms with Crippen molar-refractivity contribution in [1.82, 2.24) is 0 Å². The zero-order chi connectivity index (χ0) is 12.8. The number of hydrogen-bond donors (Lipinski definition) is 1. The summed E-state index contributed by atoms with van der Waals surface area (Å²) in [4.78, 5) is 10.9. The van der Waals surface area contributed by atoms with Gasteiger partial charge in [0.1, 0.15) is 0 Å². The molecule has 94 valence electrons. The first-order valence-corrected chi connectivity index (χ1v) is 6.22. The van der Waals surface area contributed by atoms with Crippen LogP contribution >= 0.6 is 27.5 Å². The van der Waals surface area contributed by atoms with E-state index in [2.05, 4.69) is 15.9 Å². The van der Waals surface area contributed by atoms with E-state index < -0.39 is 5.97 Å². The summed E-state index contributed by atoms with van der Waals surface area (Å²) in [5.74, 6) is 0.369. The standard InChI is InChI=1S/C11H12BrClO4/c1-16-9-5-7(11(14)15)8(12)6-10(9)17-4-2-3-13/h5-6H,2-4H2,1H3,(H,14,15). The number of benzene rings is 1. The van der Waals surface area contributed by atoms with Crippen LogP contribution < -0.4 is 9.47 Å². The van der Waals surface area contributed by atoms with Crippen LogP contribution in [0.4, 0.5) is 0 Å². The smallest absolute Gasteiger partial charge is 0.336 e. The molecule has 0 saturated carbocycles. The minimum atomic E-state index is -1.03. The maximum absolute atomic E-state index is 10.9. The second-order valence-corrected chi connectivity index (χ2v) is 4.41. The third-order valence-electron chi connectivity index (χ3n) is 2.02. The lowest BCUT2D eigenvalue weighted by molar-refractivity contribution is 0.0695. The average molecular weight is 324 g/mol. The lowest BCUT2D eigenvalue weighted by atomic mass is 10.2. The number of rotatable bonds is 6. The van der Waals surface area contributed by atoms with E-state index in [1.807, 2.05) is 0 Å². The lowest BCUT2D eigenvalue weighted by Crippen LogP contribution is -2.03. The number of methoxy groups -OCH3 is 1. The molecular formula is C11H12BrClO4. The molecule has 1 aromatic carbocycles. The van der Waals surface area contributed by atoms with Gasteiger partial charge in [0.05, 0.1) is 19.3 Å². The minimum Gasteiger partial charge on any atom is -0.493 e. The van der Waals surface area contributed by atoms with E-state index in [4.69, 9.17) is 26.2 Å². The van der Waals surface area contributed by atoms with Gasteiger partial charge in [-0.2, -0.15) is 0 Å². The first-order valence-electron chi connectivity index (χ1n) is 4.89. The number of halogens is 2. The molecule has 0 spiro atoms. The largest absolute Gasteiger partial charge is 0.493 e. The zero-order valence-electron chi connectivity index (χ0n) is 9.20. The Morgan fingerprint density at radius 1 is 1.47 bits per heavy atom. The average Bonchev–Trinajstić information content (AvgIpc) is 2.29. The number of ether oxygens (including phenoxy) is 2. The molecule has 0 aromatic heterocycles. The van der Waals surface area contributed by atoms with Crippen molar-refractivity contribution in [1.29, 1.82) is 0 Å². The Labute approximate surface area is 113 Å². The van der Waals surface area contributed by atoms with Crippen molar-refractivity contribution in [3.63, 3.8) is 0 Å². The topological polar surface area (TPSA) is 55.8 Å². The number of aromatic carboxylic acids is 1. The summed E-state index contributed by atoms with van der Waals surface area (Å²) in [6.45, 7) is 0.457. The maximum Gasteiger partial charge on any atom is 0.336 e. The molecule has 17 heavy (non-hydrogen) atoms. The summed E-state index contributed by atoms with van der Waals surface area (Å²) < 4.78 is 11.0. The van der Waals surface area contributed by atoms with Gasteiger partial charge in [0, 0.05) is 10.4 Å². The Balaban J connectivity index is 2.97. The Kier molecular flexibility index (Phi) is 5.58. The molecule has 0 saturated heterocycles. The van der Waals surface area contributed by atoms with Crippen molar-refractivity contribution in [3.05, 3.63) is 22.2 Å². The van der Waals surface area contributed by atoms with Gasteiger partial charge in [0.2, 0.25) is 0 Å². The van der Waals surface area contributed by atoms with Gasteiger partial charge >= 0.3 is 5.97 Å². The maximum atomic E-state index is 10.9. The van der Waals surface area contributed by atoms with Crippen molar-refractivity contribution in [2.75, 3.05) is 19.6 Å². The van der Waals surface area contributed by atoms with Crippen LogP contribution in [0.1, 0.15) is 16.8 Å². The quantitative estimate of drug-likeness (QED) is 0.645. The number of carbonyl (C=O) groups is 1. The zero-order valence-corrected chi connectivity index (χ0v) is 11.5. The van der Waals surface area contributed by atoms with Gasteiger partial charge in [0.25, 0.3) is 0 Å². The van der Waals surface area contributed by atoms with E-state index in [1.54, 1.807) is 6.07 Å². The molecule has 0 aliphatic heterocycles. The summed E-state index contributed by atoms with van der Waals surface area (Å²) in [5.41, 5.74) is 0.131. The van der Waals surface area contributed by atoms with E-state index in [0.717, 1.165) is 0 Å². The molecule has 1 rings (SSSR count). The SMILES string of the molecule is COc1cc(C(=O)O)c(Br)cc1OCCCCl. The Morgan fingerprint density at radius 2 is 2.18 bits per heavy atom. The Hall–Kier alpha value is -0.940. The molecule has 0 radical (unpaired) electrons. The van der Waals surface area contributed by atoms with Gasteiger partial charge in [-0.25, -0.2) is 4.79 Å². The van der Waals surface area contributed by atoms with Crippen LogP contribution in [0, 0.1) is 0 Å². The molecule has 0 bridgehead atoms. The molecule has 1 N–H and O–H groups in total. The van der Waals surface area contributed by atoms with Crippen molar-refractivity contribution in [2.24, 2.45) is 0 Å². The first kappa shape index (κ1) is 14.1. The lowest BCUT2D eigenvalue weighted by Gasteiger charge is -2.12. The van der Waals surface area contributed by atoms with Gasteiger partial charge in [-0.1, -0.05) is 0 Å². The molecule has 1 aromatic rings. The highest BCUT2D eigenvalue weighted by Crippen LogP contribution is 2.33. The number of carboxylic acid groups (broad SMARTS) is 1. The molecule has 6 heteroatoms. The Bertz CT molecular complexity index is 409. The van der Waals surface area contributed by atoms with Crippen LogP contribution in [0.3, 0.4) is 0 Å². The molecule has 0 atom stereocenters. The predicted octanol–water partition coefficient (Wildman–Crippen LogP) is 3.16. The van der Waals surface area contributed by atoms with Crippen molar-refractivity contribution >= 4 is 33.5 Å². The second-order valence-electron chi connectivity index (χ2n) is 3.18. The number of hydrogen-bond acceptors (Lipinski definition) is 3.